The molecule has 3 rings (SSSR count). The monoisotopic (exact) mass is 266 g/mol. The number of hydrogen-bond donors (Lipinski definition) is 1. The van der Waals surface area contributed by atoms with Crippen molar-refractivity contribution in [2.75, 3.05) is 0 Å². The highest BCUT2D eigenvalue weighted by Crippen LogP contribution is 2.42. The van der Waals surface area contributed by atoms with Gasteiger partial charge >= 0.3 is 0 Å². The lowest BCUT2D eigenvalue weighted by atomic mass is 9.86. The van der Waals surface area contributed by atoms with Crippen molar-refractivity contribution in [1.29, 1.82) is 0 Å². The van der Waals surface area contributed by atoms with Crippen LogP contribution in [0.5, 0.6) is 0 Å². The lowest BCUT2D eigenvalue weighted by molar-refractivity contribution is 0.0828. The lowest BCUT2D eigenvalue weighted by Crippen LogP contribution is -2.24. The van der Waals surface area contributed by atoms with Gasteiger partial charge in [0.15, 0.2) is 0 Å². The highest BCUT2D eigenvalue weighted by atomic mass is 16.3. The molecule has 0 amide bonds. The molecule has 0 bridgehead atoms. The highest BCUT2D eigenvalue weighted by molar-refractivity contribution is 5.47. The summed E-state index contributed by atoms with van der Waals surface area (Å²) in [6.45, 7) is 4.28. The molecule has 1 aliphatic carbocycles. The molecule has 1 unspecified atom stereocenters. The Bertz CT molecular complexity index is 629. The maximum absolute atomic E-state index is 11.2. The average Bonchev–Trinajstić information content (AvgIpc) is 2.78. The van der Waals surface area contributed by atoms with Crippen LogP contribution in [0, 0.1) is 6.92 Å². The Balaban J connectivity index is 2.06. The van der Waals surface area contributed by atoms with Gasteiger partial charge < -0.3 is 5.11 Å². The molecule has 1 nitrogen and oxygen atoms in total. The van der Waals surface area contributed by atoms with E-state index in [0.29, 0.717) is 0 Å². The summed E-state index contributed by atoms with van der Waals surface area (Å²) < 4.78 is 0. The first-order valence-electron chi connectivity index (χ1n) is 7.55. The van der Waals surface area contributed by atoms with Crippen molar-refractivity contribution in [2.24, 2.45) is 0 Å². The van der Waals surface area contributed by atoms with E-state index in [1.165, 1.54) is 16.7 Å². The third kappa shape index (κ3) is 2.16. The molecule has 1 atom stereocenters. The fourth-order valence-corrected chi connectivity index (χ4v) is 3.32. The van der Waals surface area contributed by atoms with Gasteiger partial charge in [0, 0.05) is 0 Å². The van der Waals surface area contributed by atoms with Crippen molar-refractivity contribution in [3.05, 3.63) is 70.3 Å². The van der Waals surface area contributed by atoms with Crippen LogP contribution in [0.1, 0.15) is 47.6 Å². The van der Waals surface area contributed by atoms with Gasteiger partial charge in [-0.3, -0.25) is 0 Å². The van der Waals surface area contributed by atoms with Crippen molar-refractivity contribution in [3.8, 4) is 0 Å². The first kappa shape index (κ1) is 13.4. The summed E-state index contributed by atoms with van der Waals surface area (Å²) >= 11 is 0. The van der Waals surface area contributed by atoms with Crippen molar-refractivity contribution in [2.45, 2.75) is 45.1 Å². The van der Waals surface area contributed by atoms with Crippen LogP contribution in [0.15, 0.2) is 42.5 Å². The summed E-state index contributed by atoms with van der Waals surface area (Å²) in [6, 6.07) is 14.9. The number of rotatable bonds is 3. The molecule has 0 heterocycles. The maximum atomic E-state index is 11.2. The Hall–Kier alpha value is -1.60. The Labute approximate surface area is 121 Å². The minimum atomic E-state index is -0.800. The second kappa shape index (κ2) is 5.06. The van der Waals surface area contributed by atoms with E-state index in [9.17, 15) is 5.11 Å². The van der Waals surface area contributed by atoms with Crippen molar-refractivity contribution in [1.82, 2.24) is 0 Å². The summed E-state index contributed by atoms with van der Waals surface area (Å²) in [5.41, 5.74) is 5.18. The van der Waals surface area contributed by atoms with Gasteiger partial charge in [-0.25, -0.2) is 0 Å². The molecular formula is C19H22O. The van der Waals surface area contributed by atoms with Crippen LogP contribution in [0.4, 0.5) is 0 Å². The van der Waals surface area contributed by atoms with Crippen LogP contribution in [0.2, 0.25) is 0 Å². The van der Waals surface area contributed by atoms with Crippen LogP contribution in [0.25, 0.3) is 0 Å². The zero-order valence-corrected chi connectivity index (χ0v) is 12.3. The first-order chi connectivity index (χ1) is 9.63. The quantitative estimate of drug-likeness (QED) is 0.885. The van der Waals surface area contributed by atoms with E-state index in [0.717, 1.165) is 36.8 Å². The molecule has 1 heteroatoms. The Kier molecular flexibility index (Phi) is 3.39. The fraction of sp³-hybridized carbons (Fsp3) is 0.368. The van der Waals surface area contributed by atoms with Crippen LogP contribution < -0.4 is 0 Å². The predicted octanol–water partition coefficient (Wildman–Crippen LogP) is 4.13. The van der Waals surface area contributed by atoms with Gasteiger partial charge in [0.2, 0.25) is 0 Å². The van der Waals surface area contributed by atoms with Gasteiger partial charge in [0.05, 0.1) is 0 Å². The molecule has 20 heavy (non-hydrogen) atoms. The third-order valence-corrected chi connectivity index (χ3v) is 4.41. The molecule has 0 saturated carbocycles. The molecule has 1 aliphatic rings. The van der Waals surface area contributed by atoms with Gasteiger partial charge in [-0.1, -0.05) is 61.4 Å². The van der Waals surface area contributed by atoms with E-state index in [2.05, 4.69) is 56.3 Å². The van der Waals surface area contributed by atoms with Crippen LogP contribution in [-0.2, 0) is 18.4 Å². The highest BCUT2D eigenvalue weighted by Gasteiger charge is 2.38. The van der Waals surface area contributed by atoms with Gasteiger partial charge in [-0.2, -0.15) is 0 Å². The van der Waals surface area contributed by atoms with Crippen LogP contribution in [-0.4, -0.2) is 5.11 Å². The van der Waals surface area contributed by atoms with Crippen LogP contribution in [0.3, 0.4) is 0 Å². The predicted molar refractivity (Wildman–Crippen MR) is 82.9 cm³/mol. The lowest BCUT2D eigenvalue weighted by Gasteiger charge is -2.25. The van der Waals surface area contributed by atoms with Crippen molar-refractivity contribution < 1.29 is 5.11 Å². The van der Waals surface area contributed by atoms with Crippen molar-refractivity contribution in [3.63, 3.8) is 0 Å². The minimum Gasteiger partial charge on any atom is -0.380 e. The molecule has 0 saturated heterocycles. The number of fused-ring (bicyclic) bond motifs is 1. The molecule has 2 aromatic carbocycles. The molecule has 0 radical (unpaired) electrons. The fourth-order valence-electron chi connectivity index (χ4n) is 3.32. The zero-order chi connectivity index (χ0) is 14.2. The Morgan fingerprint density at radius 1 is 1.15 bits per heavy atom. The summed E-state index contributed by atoms with van der Waals surface area (Å²) in [4.78, 5) is 0. The molecule has 0 aromatic heterocycles. The Morgan fingerprint density at radius 2 is 2.00 bits per heavy atom. The van der Waals surface area contributed by atoms with E-state index < -0.39 is 5.60 Å². The first-order valence-corrected chi connectivity index (χ1v) is 7.55. The summed E-state index contributed by atoms with van der Waals surface area (Å²) in [5.74, 6) is 0. The number of aryl methyl sites for hydroxylation is 3. The topological polar surface area (TPSA) is 20.2 Å². The standard InChI is InChI=1S/C19H22O/c1-3-5-15-6-4-7-17(13-15)19(20)11-10-16-9-8-14(2)12-18(16)19/h4,6-9,12-13,20H,3,5,10-11H2,1-2H3. The van der Waals surface area contributed by atoms with Gasteiger partial charge in [-0.15, -0.1) is 0 Å². The van der Waals surface area contributed by atoms with E-state index in [4.69, 9.17) is 0 Å². The second-order valence-electron chi connectivity index (χ2n) is 5.97. The number of benzene rings is 2. The maximum Gasteiger partial charge on any atom is 0.115 e. The molecule has 2 aromatic rings. The van der Waals surface area contributed by atoms with Crippen LogP contribution >= 0.6 is 0 Å². The normalized spacial score (nSPS) is 20.9. The minimum absolute atomic E-state index is 0.793. The zero-order valence-electron chi connectivity index (χ0n) is 12.3. The van der Waals surface area contributed by atoms with Gasteiger partial charge in [0.1, 0.15) is 5.60 Å². The largest absolute Gasteiger partial charge is 0.380 e. The third-order valence-electron chi connectivity index (χ3n) is 4.41. The smallest absolute Gasteiger partial charge is 0.115 e. The molecule has 1 N–H and O–H groups in total. The van der Waals surface area contributed by atoms with Crippen molar-refractivity contribution >= 4 is 0 Å². The summed E-state index contributed by atoms with van der Waals surface area (Å²) in [5, 5.41) is 11.2. The average molecular weight is 266 g/mol. The van der Waals surface area contributed by atoms with Gasteiger partial charge in [0.25, 0.3) is 0 Å². The molecular weight excluding hydrogens is 244 g/mol. The molecule has 0 aliphatic heterocycles. The molecule has 104 valence electrons. The summed E-state index contributed by atoms with van der Waals surface area (Å²) in [6.07, 6.45) is 3.97. The molecule has 0 fully saturated rings. The summed E-state index contributed by atoms with van der Waals surface area (Å²) in [7, 11) is 0. The SMILES string of the molecule is CCCc1cccc(C2(O)CCc3ccc(C)cc32)c1. The number of aliphatic hydroxyl groups is 1. The van der Waals surface area contributed by atoms with E-state index in [1.54, 1.807) is 0 Å². The molecule has 0 spiro atoms. The number of hydrogen-bond acceptors (Lipinski definition) is 1. The van der Waals surface area contributed by atoms with E-state index in [1.807, 2.05) is 0 Å². The van der Waals surface area contributed by atoms with Gasteiger partial charge in [-0.05, 0) is 48.4 Å². The Morgan fingerprint density at radius 3 is 2.80 bits per heavy atom. The van der Waals surface area contributed by atoms with E-state index in [-0.39, 0.29) is 0 Å². The second-order valence-corrected chi connectivity index (χ2v) is 5.97. The van der Waals surface area contributed by atoms with E-state index >= 15 is 0 Å².